The van der Waals surface area contributed by atoms with E-state index in [0.717, 1.165) is 23.8 Å². The number of sulfonamides is 1. The van der Waals surface area contributed by atoms with Crippen molar-refractivity contribution in [2.24, 2.45) is 0 Å². The van der Waals surface area contributed by atoms with Crippen LogP contribution in [0.25, 0.3) is 0 Å². The first-order valence-electron chi connectivity index (χ1n) is 11.8. The van der Waals surface area contributed by atoms with Crippen LogP contribution in [0.5, 0.6) is 0 Å². The SMILES string of the molecule is CCCNC(=O)[C@@H](C)N(Cc1ccc(F)cc1)C(=O)CCCN(c1ccc(C)c(C)c1)S(C)(=O)=O. The van der Waals surface area contributed by atoms with Crippen molar-refractivity contribution in [2.45, 2.75) is 59.5 Å². The molecule has 1 atom stereocenters. The fraction of sp³-hybridized carbons (Fsp3) is 0.462. The summed E-state index contributed by atoms with van der Waals surface area (Å²) in [5.41, 5.74) is 3.29. The third-order valence-electron chi connectivity index (χ3n) is 5.91. The van der Waals surface area contributed by atoms with E-state index in [4.69, 9.17) is 0 Å². The number of anilines is 1. The molecule has 0 heterocycles. The molecular weight excluding hydrogens is 469 g/mol. The van der Waals surface area contributed by atoms with Gasteiger partial charge in [0.2, 0.25) is 21.8 Å². The van der Waals surface area contributed by atoms with Gasteiger partial charge in [0.1, 0.15) is 11.9 Å². The molecule has 35 heavy (non-hydrogen) atoms. The fourth-order valence-electron chi connectivity index (χ4n) is 3.65. The number of rotatable bonds is 12. The number of nitrogens with zero attached hydrogens (tertiary/aromatic N) is 2. The Morgan fingerprint density at radius 3 is 2.29 bits per heavy atom. The second-order valence-electron chi connectivity index (χ2n) is 8.82. The number of nitrogens with one attached hydrogen (secondary N) is 1. The molecule has 0 aliphatic rings. The molecule has 7 nitrogen and oxygen atoms in total. The minimum atomic E-state index is -3.55. The summed E-state index contributed by atoms with van der Waals surface area (Å²) in [4.78, 5) is 27.3. The van der Waals surface area contributed by atoms with Crippen LogP contribution in [0.15, 0.2) is 42.5 Å². The Kier molecular flexibility index (Phi) is 10.2. The van der Waals surface area contributed by atoms with Gasteiger partial charge in [0.15, 0.2) is 0 Å². The highest BCUT2D eigenvalue weighted by molar-refractivity contribution is 7.92. The van der Waals surface area contributed by atoms with Crippen LogP contribution >= 0.6 is 0 Å². The first kappa shape index (κ1) is 28.3. The van der Waals surface area contributed by atoms with Gasteiger partial charge >= 0.3 is 0 Å². The van der Waals surface area contributed by atoms with Crippen molar-refractivity contribution in [2.75, 3.05) is 23.7 Å². The van der Waals surface area contributed by atoms with Gasteiger partial charge in [-0.1, -0.05) is 25.1 Å². The van der Waals surface area contributed by atoms with Crippen LogP contribution in [0.1, 0.15) is 49.8 Å². The van der Waals surface area contributed by atoms with Crippen LogP contribution in [-0.4, -0.2) is 50.5 Å². The van der Waals surface area contributed by atoms with Gasteiger partial charge in [0.05, 0.1) is 11.9 Å². The summed E-state index contributed by atoms with van der Waals surface area (Å²) in [6.07, 6.45) is 2.25. The molecule has 0 bridgehead atoms. The molecule has 2 aromatic rings. The Labute approximate surface area is 208 Å². The molecule has 0 aromatic heterocycles. The van der Waals surface area contributed by atoms with Crippen LogP contribution in [0.2, 0.25) is 0 Å². The normalized spacial score (nSPS) is 12.2. The number of carbonyl (C=O) groups excluding carboxylic acids is 2. The van der Waals surface area contributed by atoms with E-state index in [0.29, 0.717) is 17.8 Å². The topological polar surface area (TPSA) is 86.8 Å². The second kappa shape index (κ2) is 12.7. The summed E-state index contributed by atoms with van der Waals surface area (Å²) in [7, 11) is -3.55. The third kappa shape index (κ3) is 8.35. The molecule has 0 aliphatic carbocycles. The van der Waals surface area contributed by atoms with Gasteiger partial charge in [-0.2, -0.15) is 0 Å². The Balaban J connectivity index is 2.16. The lowest BCUT2D eigenvalue weighted by Gasteiger charge is -2.29. The zero-order chi connectivity index (χ0) is 26.2. The number of aryl methyl sites for hydroxylation is 2. The summed E-state index contributed by atoms with van der Waals surface area (Å²) in [6.45, 7) is 8.25. The second-order valence-corrected chi connectivity index (χ2v) is 10.7. The van der Waals surface area contributed by atoms with E-state index < -0.39 is 16.1 Å². The average Bonchev–Trinajstić information content (AvgIpc) is 2.80. The van der Waals surface area contributed by atoms with Crippen molar-refractivity contribution in [3.63, 3.8) is 0 Å². The molecule has 0 radical (unpaired) electrons. The van der Waals surface area contributed by atoms with Gasteiger partial charge in [0, 0.05) is 26.1 Å². The number of carbonyl (C=O) groups is 2. The van der Waals surface area contributed by atoms with E-state index >= 15 is 0 Å². The number of amides is 2. The summed E-state index contributed by atoms with van der Waals surface area (Å²) >= 11 is 0. The Hall–Kier alpha value is -2.94. The number of benzene rings is 2. The minimum Gasteiger partial charge on any atom is -0.354 e. The van der Waals surface area contributed by atoms with Crippen LogP contribution in [0.4, 0.5) is 10.1 Å². The average molecular weight is 506 g/mol. The molecule has 2 aromatic carbocycles. The van der Waals surface area contributed by atoms with Crippen LogP contribution in [0, 0.1) is 19.7 Å². The highest BCUT2D eigenvalue weighted by atomic mass is 32.2. The monoisotopic (exact) mass is 505 g/mol. The molecule has 0 unspecified atom stereocenters. The molecule has 0 saturated heterocycles. The Morgan fingerprint density at radius 1 is 1.06 bits per heavy atom. The van der Waals surface area contributed by atoms with Crippen LogP contribution < -0.4 is 9.62 Å². The number of hydrogen-bond donors (Lipinski definition) is 1. The maximum atomic E-state index is 13.3. The van der Waals surface area contributed by atoms with Crippen molar-refractivity contribution in [3.05, 3.63) is 65.0 Å². The summed E-state index contributed by atoms with van der Waals surface area (Å²) < 4.78 is 39.5. The predicted octanol–water partition coefficient (Wildman–Crippen LogP) is 3.93. The van der Waals surface area contributed by atoms with E-state index in [-0.39, 0.29) is 43.6 Å². The molecule has 0 saturated carbocycles. The highest BCUT2D eigenvalue weighted by Gasteiger charge is 2.26. The molecule has 0 spiro atoms. The van der Waals surface area contributed by atoms with Gasteiger partial charge in [-0.15, -0.1) is 0 Å². The van der Waals surface area contributed by atoms with E-state index in [2.05, 4.69) is 5.32 Å². The largest absolute Gasteiger partial charge is 0.354 e. The predicted molar refractivity (Wildman–Crippen MR) is 137 cm³/mol. The van der Waals surface area contributed by atoms with E-state index in [1.807, 2.05) is 32.9 Å². The Bertz CT molecular complexity index is 1120. The number of halogens is 1. The summed E-state index contributed by atoms with van der Waals surface area (Å²) in [5.74, 6) is -0.926. The van der Waals surface area contributed by atoms with Gasteiger partial charge < -0.3 is 10.2 Å². The van der Waals surface area contributed by atoms with Gasteiger partial charge in [-0.25, -0.2) is 12.8 Å². The van der Waals surface area contributed by atoms with Crippen LogP contribution in [-0.2, 0) is 26.2 Å². The highest BCUT2D eigenvalue weighted by Crippen LogP contribution is 2.22. The van der Waals surface area contributed by atoms with Gasteiger partial charge in [-0.05, 0) is 74.6 Å². The maximum absolute atomic E-state index is 13.3. The van der Waals surface area contributed by atoms with Crippen molar-refractivity contribution in [1.29, 1.82) is 0 Å². The molecule has 9 heteroatoms. The first-order valence-corrected chi connectivity index (χ1v) is 13.7. The minimum absolute atomic E-state index is 0.0590. The molecule has 192 valence electrons. The fourth-order valence-corrected chi connectivity index (χ4v) is 4.61. The van der Waals surface area contributed by atoms with Crippen molar-refractivity contribution < 1.29 is 22.4 Å². The van der Waals surface area contributed by atoms with Crippen molar-refractivity contribution in [1.82, 2.24) is 10.2 Å². The summed E-state index contributed by atoms with van der Waals surface area (Å²) in [5, 5.41) is 2.81. The lowest BCUT2D eigenvalue weighted by Crippen LogP contribution is -2.47. The molecule has 0 fully saturated rings. The quantitative estimate of drug-likeness (QED) is 0.474. The molecule has 1 N–H and O–H groups in total. The zero-order valence-electron chi connectivity index (χ0n) is 21.2. The van der Waals surface area contributed by atoms with E-state index in [9.17, 15) is 22.4 Å². The van der Waals surface area contributed by atoms with Gasteiger partial charge in [0.25, 0.3) is 0 Å². The number of hydrogen-bond acceptors (Lipinski definition) is 4. The maximum Gasteiger partial charge on any atom is 0.242 e. The van der Waals surface area contributed by atoms with Crippen molar-refractivity contribution in [3.8, 4) is 0 Å². The molecule has 2 rings (SSSR count). The molecular formula is C26H36FN3O4S. The van der Waals surface area contributed by atoms with E-state index in [1.165, 1.54) is 21.3 Å². The first-order chi connectivity index (χ1) is 16.4. The third-order valence-corrected chi connectivity index (χ3v) is 7.11. The standard InChI is InChI=1S/C26H36FN3O4S/c1-6-15-28-26(32)21(4)29(18-22-10-12-23(27)13-11-22)25(31)8-7-16-30(35(5,33)34)24-14-9-19(2)20(3)17-24/h9-14,17,21H,6-8,15-16,18H2,1-5H3,(H,28,32)/t21-/m1/s1. The summed E-state index contributed by atoms with van der Waals surface area (Å²) in [6, 6.07) is 10.5. The lowest BCUT2D eigenvalue weighted by molar-refractivity contribution is -0.140. The van der Waals surface area contributed by atoms with E-state index in [1.54, 1.807) is 25.1 Å². The smallest absolute Gasteiger partial charge is 0.242 e. The van der Waals surface area contributed by atoms with Gasteiger partial charge in [-0.3, -0.25) is 13.9 Å². The molecule has 0 aliphatic heterocycles. The zero-order valence-corrected chi connectivity index (χ0v) is 22.0. The molecule has 2 amide bonds. The van der Waals surface area contributed by atoms with Crippen molar-refractivity contribution >= 4 is 27.5 Å². The lowest BCUT2D eigenvalue weighted by atomic mass is 10.1. The Morgan fingerprint density at radius 2 is 1.71 bits per heavy atom. The van der Waals surface area contributed by atoms with Crippen LogP contribution in [0.3, 0.4) is 0 Å².